The second-order valence-corrected chi connectivity index (χ2v) is 12.2. The van der Waals surface area contributed by atoms with E-state index in [0.29, 0.717) is 42.5 Å². The number of nitrogens with zero attached hydrogens (tertiary/aromatic N) is 1. The molecule has 2 heterocycles. The van der Waals surface area contributed by atoms with Gasteiger partial charge >= 0.3 is 0 Å². The third-order valence-corrected chi connectivity index (χ3v) is 8.92. The molecule has 1 saturated heterocycles. The van der Waals surface area contributed by atoms with Crippen molar-refractivity contribution in [2.45, 2.75) is 76.4 Å². The number of piperidine rings is 1. The summed E-state index contributed by atoms with van der Waals surface area (Å²) in [5.41, 5.74) is 1.45. The van der Waals surface area contributed by atoms with Crippen LogP contribution >= 0.6 is 0 Å². The van der Waals surface area contributed by atoms with Crippen LogP contribution in [0.4, 0.5) is 0 Å². The largest absolute Gasteiger partial charge is 0.451 e. The second-order valence-electron chi connectivity index (χ2n) is 12.2. The molecule has 1 aliphatic carbocycles. The fourth-order valence-corrected chi connectivity index (χ4v) is 6.36. The van der Waals surface area contributed by atoms with E-state index in [-0.39, 0.29) is 30.6 Å². The van der Waals surface area contributed by atoms with E-state index in [2.05, 4.69) is 27.3 Å². The maximum absolute atomic E-state index is 13.9. The van der Waals surface area contributed by atoms with Crippen LogP contribution in [0.1, 0.15) is 79.5 Å². The minimum absolute atomic E-state index is 0.0588. The van der Waals surface area contributed by atoms with Crippen molar-refractivity contribution < 1.29 is 28.4 Å². The Kier molecular flexibility index (Phi) is 10.8. The molecule has 240 valence electrons. The minimum Gasteiger partial charge on any atom is -0.451 e. The molecule has 1 aromatic heterocycles. The zero-order chi connectivity index (χ0) is 32.5. The number of carbonyl (C=O) groups is 5. The van der Waals surface area contributed by atoms with Crippen molar-refractivity contribution in [2.24, 2.45) is 11.8 Å². The van der Waals surface area contributed by atoms with Gasteiger partial charge in [0.1, 0.15) is 11.6 Å². The predicted octanol–water partition coefficient (Wildman–Crippen LogP) is 3.66. The lowest BCUT2D eigenvalue weighted by atomic mass is 9.84. The number of furan rings is 1. The van der Waals surface area contributed by atoms with Crippen LogP contribution in [0.5, 0.6) is 0 Å². The molecule has 1 saturated carbocycles. The maximum atomic E-state index is 13.9. The summed E-state index contributed by atoms with van der Waals surface area (Å²) < 4.78 is 5.73. The Morgan fingerprint density at radius 1 is 0.913 bits per heavy atom. The Hall–Kier alpha value is -4.98. The Morgan fingerprint density at radius 2 is 1.67 bits per heavy atom. The molecule has 2 aromatic carbocycles. The van der Waals surface area contributed by atoms with E-state index >= 15 is 0 Å². The van der Waals surface area contributed by atoms with Gasteiger partial charge in [0, 0.05) is 24.4 Å². The molecule has 2 aliphatic rings. The Balaban J connectivity index is 1.34. The molecule has 0 radical (unpaired) electrons. The number of Topliss-reactive ketones (excluding diaryl/α,β-unsaturated/α-hetero) is 1. The van der Waals surface area contributed by atoms with Gasteiger partial charge in [-0.3, -0.25) is 24.0 Å². The van der Waals surface area contributed by atoms with Crippen molar-refractivity contribution >= 4 is 40.4 Å². The topological polar surface area (TPSA) is 170 Å². The Morgan fingerprint density at radius 3 is 2.43 bits per heavy atom. The monoisotopic (exact) mass is 625 g/mol. The van der Waals surface area contributed by atoms with Crippen LogP contribution in [0.3, 0.4) is 0 Å². The molecular formula is C35H39N5O6. The normalized spacial score (nSPS) is 18.1. The summed E-state index contributed by atoms with van der Waals surface area (Å²) in [4.78, 5) is 66.6. The average molecular weight is 626 g/mol. The Labute approximate surface area is 267 Å². The fourth-order valence-electron chi connectivity index (χ4n) is 6.36. The molecule has 4 N–H and O–H groups in total. The highest BCUT2D eigenvalue weighted by molar-refractivity contribution is 6.38. The van der Waals surface area contributed by atoms with Gasteiger partial charge in [-0.15, -0.1) is 0 Å². The standard InChI is InChI=1S/C35H39N5O6/c36-20-25-12-4-5-13-26(25)21-38-35(45)31(41)27(18-24-14-8-16-37-32(24)42)39-33(43)28(17-22-9-2-1-3-10-22)40-34(44)30-19-23-11-6-7-15-29(23)46-30/h4-7,11-13,15,19,22,24,27-28H,1-3,8-10,14,16-18,21H2,(H,37,42)(H,38,45)(H,39,43)(H,40,44)/t24-,27-,28-/m0/s1. The van der Waals surface area contributed by atoms with Crippen LogP contribution in [0.25, 0.3) is 11.0 Å². The van der Waals surface area contributed by atoms with Gasteiger partial charge in [-0.25, -0.2) is 0 Å². The number of carbonyl (C=O) groups excluding carboxylic acids is 5. The van der Waals surface area contributed by atoms with E-state index in [1.54, 1.807) is 42.5 Å². The molecular weight excluding hydrogens is 586 g/mol. The van der Waals surface area contributed by atoms with E-state index in [4.69, 9.17) is 4.42 Å². The first kappa shape index (κ1) is 32.4. The summed E-state index contributed by atoms with van der Waals surface area (Å²) in [7, 11) is 0. The zero-order valence-electron chi connectivity index (χ0n) is 25.7. The molecule has 1 aliphatic heterocycles. The smallest absolute Gasteiger partial charge is 0.289 e. The number of para-hydroxylation sites is 1. The molecule has 0 bridgehead atoms. The molecule has 4 amide bonds. The number of amides is 4. The summed E-state index contributed by atoms with van der Waals surface area (Å²) in [6.45, 7) is 0.465. The van der Waals surface area contributed by atoms with Crippen molar-refractivity contribution in [3.63, 3.8) is 0 Å². The Bertz CT molecular complexity index is 1600. The lowest BCUT2D eigenvalue weighted by molar-refractivity contribution is -0.141. The number of hydrogen-bond acceptors (Lipinski definition) is 7. The number of ketones is 1. The van der Waals surface area contributed by atoms with E-state index in [0.717, 1.165) is 37.5 Å². The SMILES string of the molecule is N#Cc1ccccc1CNC(=O)C(=O)[C@H](C[C@@H]1CCCNC1=O)NC(=O)[C@H](CC1CCCCC1)NC(=O)c1cc2ccccc2o1. The average Bonchev–Trinajstić information content (AvgIpc) is 3.52. The van der Waals surface area contributed by atoms with E-state index in [1.807, 2.05) is 12.1 Å². The number of fused-ring (bicyclic) bond motifs is 1. The maximum Gasteiger partial charge on any atom is 0.289 e. The van der Waals surface area contributed by atoms with Crippen molar-refractivity contribution in [1.82, 2.24) is 21.3 Å². The number of nitriles is 1. The van der Waals surface area contributed by atoms with Gasteiger partial charge in [0.15, 0.2) is 5.76 Å². The van der Waals surface area contributed by atoms with Gasteiger partial charge in [0.05, 0.1) is 17.7 Å². The van der Waals surface area contributed by atoms with Crippen molar-refractivity contribution in [1.29, 1.82) is 5.26 Å². The van der Waals surface area contributed by atoms with Crippen molar-refractivity contribution in [2.75, 3.05) is 6.54 Å². The second kappa shape index (κ2) is 15.3. The highest BCUT2D eigenvalue weighted by atomic mass is 16.3. The number of hydrogen-bond donors (Lipinski definition) is 4. The predicted molar refractivity (Wildman–Crippen MR) is 169 cm³/mol. The van der Waals surface area contributed by atoms with Crippen LogP contribution in [0, 0.1) is 23.2 Å². The van der Waals surface area contributed by atoms with Crippen LogP contribution in [-0.4, -0.2) is 48.0 Å². The van der Waals surface area contributed by atoms with Crippen LogP contribution in [0.2, 0.25) is 0 Å². The lowest BCUT2D eigenvalue weighted by Gasteiger charge is -2.29. The van der Waals surface area contributed by atoms with Crippen molar-refractivity contribution in [3.05, 3.63) is 71.5 Å². The van der Waals surface area contributed by atoms with Crippen LogP contribution in [-0.2, 0) is 25.7 Å². The van der Waals surface area contributed by atoms with Crippen LogP contribution in [0.15, 0.2) is 59.0 Å². The lowest BCUT2D eigenvalue weighted by Crippen LogP contribution is -2.55. The summed E-state index contributed by atoms with van der Waals surface area (Å²) in [6.07, 6.45) is 6.53. The molecule has 11 heteroatoms. The first-order valence-corrected chi connectivity index (χ1v) is 16.0. The van der Waals surface area contributed by atoms with Gasteiger partial charge in [0.2, 0.25) is 17.6 Å². The minimum atomic E-state index is -1.30. The van der Waals surface area contributed by atoms with E-state index < -0.39 is 41.5 Å². The fraction of sp³-hybridized carbons (Fsp3) is 0.429. The third-order valence-electron chi connectivity index (χ3n) is 8.92. The molecule has 3 atom stereocenters. The number of benzene rings is 2. The first-order chi connectivity index (χ1) is 22.3. The highest BCUT2D eigenvalue weighted by Crippen LogP contribution is 2.28. The molecule has 3 aromatic rings. The van der Waals surface area contributed by atoms with Gasteiger partial charge in [-0.2, -0.15) is 5.26 Å². The zero-order valence-corrected chi connectivity index (χ0v) is 25.7. The number of rotatable bonds is 12. The molecule has 2 fully saturated rings. The quantitative estimate of drug-likeness (QED) is 0.223. The number of nitrogens with one attached hydrogen (secondary N) is 4. The molecule has 0 spiro atoms. The molecule has 11 nitrogen and oxygen atoms in total. The van der Waals surface area contributed by atoms with Gasteiger partial charge in [-0.05, 0) is 55.4 Å². The van der Waals surface area contributed by atoms with Crippen LogP contribution < -0.4 is 21.3 Å². The molecule has 46 heavy (non-hydrogen) atoms. The first-order valence-electron chi connectivity index (χ1n) is 16.0. The van der Waals surface area contributed by atoms with Gasteiger partial charge in [-0.1, -0.05) is 68.5 Å². The van der Waals surface area contributed by atoms with Gasteiger partial charge in [0.25, 0.3) is 11.8 Å². The molecule has 5 rings (SSSR count). The summed E-state index contributed by atoms with van der Waals surface area (Å²) in [5.74, 6) is -3.56. The van der Waals surface area contributed by atoms with Crippen molar-refractivity contribution in [3.8, 4) is 6.07 Å². The summed E-state index contributed by atoms with van der Waals surface area (Å²) >= 11 is 0. The highest BCUT2D eigenvalue weighted by Gasteiger charge is 2.36. The summed E-state index contributed by atoms with van der Waals surface area (Å²) in [6, 6.07) is 15.3. The van der Waals surface area contributed by atoms with E-state index in [1.165, 1.54) is 0 Å². The summed E-state index contributed by atoms with van der Waals surface area (Å²) in [5, 5.41) is 21.0. The molecule has 0 unspecified atom stereocenters. The van der Waals surface area contributed by atoms with Gasteiger partial charge < -0.3 is 25.7 Å². The van der Waals surface area contributed by atoms with E-state index in [9.17, 15) is 29.2 Å². The third kappa shape index (κ3) is 8.18.